The van der Waals surface area contributed by atoms with E-state index in [4.69, 9.17) is 9.72 Å². The van der Waals surface area contributed by atoms with Gasteiger partial charge in [-0.2, -0.15) is 0 Å². The zero-order chi connectivity index (χ0) is 24.0. The van der Waals surface area contributed by atoms with E-state index in [9.17, 15) is 9.59 Å². The van der Waals surface area contributed by atoms with Gasteiger partial charge in [0, 0.05) is 18.1 Å². The molecule has 0 radical (unpaired) electrons. The van der Waals surface area contributed by atoms with E-state index in [-0.39, 0.29) is 11.6 Å². The Balaban J connectivity index is 2.04. The zero-order valence-corrected chi connectivity index (χ0v) is 21.1. The van der Waals surface area contributed by atoms with Crippen LogP contribution in [-0.2, 0) is 11.3 Å². The van der Waals surface area contributed by atoms with Gasteiger partial charge in [0.2, 0.25) is 0 Å². The number of methoxy groups -OCH3 is 1. The molecule has 33 heavy (non-hydrogen) atoms. The van der Waals surface area contributed by atoms with Crippen molar-refractivity contribution < 1.29 is 9.53 Å². The second-order valence-electron chi connectivity index (χ2n) is 8.40. The van der Waals surface area contributed by atoms with E-state index in [1.165, 1.54) is 0 Å². The highest BCUT2D eigenvalue weighted by Crippen LogP contribution is 2.25. The van der Waals surface area contributed by atoms with Crippen LogP contribution in [-0.4, -0.2) is 40.7 Å². The maximum atomic E-state index is 13.4. The van der Waals surface area contributed by atoms with Crippen molar-refractivity contribution in [1.29, 1.82) is 0 Å². The number of benzene rings is 2. The van der Waals surface area contributed by atoms with Gasteiger partial charge in [0.25, 0.3) is 5.56 Å². The van der Waals surface area contributed by atoms with Crippen molar-refractivity contribution in [2.45, 2.75) is 39.8 Å². The molecule has 1 aromatic heterocycles. The Morgan fingerprint density at radius 3 is 2.55 bits per heavy atom. The van der Waals surface area contributed by atoms with Gasteiger partial charge >= 0.3 is 6.03 Å². The Labute approximate surface area is 202 Å². The number of urea groups is 1. The third-order valence-corrected chi connectivity index (χ3v) is 6.27. The number of hydrogen-bond donors (Lipinski definition) is 1. The lowest BCUT2D eigenvalue weighted by Gasteiger charge is -2.31. The number of rotatable bonds is 9. The van der Waals surface area contributed by atoms with E-state index in [2.05, 4.69) is 35.1 Å². The number of halogens is 1. The molecule has 0 aliphatic carbocycles. The van der Waals surface area contributed by atoms with Gasteiger partial charge in [-0.15, -0.1) is 0 Å². The lowest BCUT2D eigenvalue weighted by Crippen LogP contribution is -2.41. The van der Waals surface area contributed by atoms with Crippen LogP contribution in [0.3, 0.4) is 0 Å². The van der Waals surface area contributed by atoms with Gasteiger partial charge in [-0.25, -0.2) is 9.78 Å². The highest BCUT2D eigenvalue weighted by Gasteiger charge is 2.27. The quantitative estimate of drug-likeness (QED) is 0.412. The Kier molecular flexibility index (Phi) is 8.63. The molecule has 8 heteroatoms. The van der Waals surface area contributed by atoms with Crippen molar-refractivity contribution in [1.82, 2.24) is 14.5 Å². The number of fused-ring (bicyclic) bond motifs is 1. The normalized spacial score (nSPS) is 12.2. The first kappa shape index (κ1) is 24.9. The first-order valence-electron chi connectivity index (χ1n) is 11.1. The third kappa shape index (κ3) is 6.00. The minimum atomic E-state index is -0.430. The Morgan fingerprint density at radius 1 is 1.15 bits per heavy atom. The van der Waals surface area contributed by atoms with Crippen molar-refractivity contribution in [3.63, 3.8) is 0 Å². The molecule has 176 valence electrons. The Hall–Kier alpha value is -2.71. The van der Waals surface area contributed by atoms with Crippen LogP contribution in [0.15, 0.2) is 57.8 Å². The van der Waals surface area contributed by atoms with Crippen LogP contribution in [0, 0.1) is 5.92 Å². The van der Waals surface area contributed by atoms with E-state index in [1.54, 1.807) is 22.6 Å². The predicted molar refractivity (Wildman–Crippen MR) is 136 cm³/mol. The summed E-state index contributed by atoms with van der Waals surface area (Å²) in [6, 6.07) is 14.1. The third-order valence-electron chi connectivity index (χ3n) is 5.58. The summed E-state index contributed by atoms with van der Waals surface area (Å²) in [6.07, 6.45) is 0.823. The molecule has 2 aromatic carbocycles. The smallest absolute Gasteiger partial charge is 0.322 e. The van der Waals surface area contributed by atoms with Crippen LogP contribution in [0.4, 0.5) is 10.5 Å². The number of para-hydroxylation sites is 2. The average Bonchev–Trinajstić information content (AvgIpc) is 2.79. The van der Waals surface area contributed by atoms with Gasteiger partial charge in [0.15, 0.2) is 0 Å². The van der Waals surface area contributed by atoms with Gasteiger partial charge in [-0.05, 0) is 59.5 Å². The van der Waals surface area contributed by atoms with E-state index >= 15 is 0 Å². The standard InChI is InChI=1S/C25H31BrN4O3/c1-17(2)13-14-29(25(32)28-22-12-8-6-10-20(22)26)18(3)23-27-21-11-7-5-9-19(21)24(31)30(23)15-16-33-4/h5-12,17-18H,13-16H2,1-4H3,(H,28,32). The summed E-state index contributed by atoms with van der Waals surface area (Å²) < 4.78 is 7.67. The highest BCUT2D eigenvalue weighted by atomic mass is 79.9. The highest BCUT2D eigenvalue weighted by molar-refractivity contribution is 9.10. The van der Waals surface area contributed by atoms with Crippen molar-refractivity contribution in [2.24, 2.45) is 5.92 Å². The van der Waals surface area contributed by atoms with Crippen LogP contribution >= 0.6 is 15.9 Å². The van der Waals surface area contributed by atoms with Crippen LogP contribution in [0.2, 0.25) is 0 Å². The number of amides is 2. The molecule has 0 spiro atoms. The summed E-state index contributed by atoms with van der Waals surface area (Å²) in [5.41, 5.74) is 1.18. The fourth-order valence-electron chi connectivity index (χ4n) is 3.66. The van der Waals surface area contributed by atoms with Gasteiger partial charge < -0.3 is 15.0 Å². The number of aromatic nitrogens is 2. The molecule has 1 unspecified atom stereocenters. The number of nitrogens with one attached hydrogen (secondary N) is 1. The molecule has 0 saturated heterocycles. The molecule has 3 aromatic rings. The molecule has 1 heterocycles. The molecule has 0 aliphatic rings. The van der Waals surface area contributed by atoms with Crippen molar-refractivity contribution in [3.8, 4) is 0 Å². The molecule has 0 bridgehead atoms. The Morgan fingerprint density at radius 2 is 1.85 bits per heavy atom. The lowest BCUT2D eigenvalue weighted by molar-refractivity contribution is 0.172. The summed E-state index contributed by atoms with van der Waals surface area (Å²) in [7, 11) is 1.60. The number of ether oxygens (including phenoxy) is 1. The molecule has 1 atom stereocenters. The van der Waals surface area contributed by atoms with Crippen molar-refractivity contribution in [3.05, 3.63) is 69.2 Å². The number of nitrogens with zero attached hydrogens (tertiary/aromatic N) is 3. The molecule has 3 rings (SSSR count). The van der Waals surface area contributed by atoms with Crippen LogP contribution < -0.4 is 10.9 Å². The van der Waals surface area contributed by atoms with E-state index in [1.807, 2.05) is 49.4 Å². The number of carbonyl (C=O) groups is 1. The molecule has 0 saturated carbocycles. The summed E-state index contributed by atoms with van der Waals surface area (Å²) >= 11 is 3.49. The molecule has 0 fully saturated rings. The predicted octanol–water partition coefficient (Wildman–Crippen LogP) is 5.45. The maximum Gasteiger partial charge on any atom is 0.322 e. The molecular weight excluding hydrogens is 484 g/mol. The summed E-state index contributed by atoms with van der Waals surface area (Å²) in [5, 5.41) is 3.55. The van der Waals surface area contributed by atoms with E-state index in [0.29, 0.717) is 48.0 Å². The monoisotopic (exact) mass is 514 g/mol. The van der Waals surface area contributed by atoms with Gasteiger partial charge in [0.05, 0.1) is 35.8 Å². The van der Waals surface area contributed by atoms with Crippen molar-refractivity contribution >= 4 is 38.6 Å². The summed E-state index contributed by atoms with van der Waals surface area (Å²) in [5.74, 6) is 0.956. The second-order valence-corrected chi connectivity index (χ2v) is 9.25. The summed E-state index contributed by atoms with van der Waals surface area (Å²) in [6.45, 7) is 7.42. The fraction of sp³-hybridized carbons (Fsp3) is 0.400. The topological polar surface area (TPSA) is 76.5 Å². The molecular formula is C25H31BrN4O3. The van der Waals surface area contributed by atoms with E-state index in [0.717, 1.165) is 10.9 Å². The van der Waals surface area contributed by atoms with Gasteiger partial charge in [-0.3, -0.25) is 9.36 Å². The maximum absolute atomic E-state index is 13.4. The van der Waals surface area contributed by atoms with Crippen LogP contribution in [0.1, 0.15) is 39.1 Å². The lowest BCUT2D eigenvalue weighted by atomic mass is 10.1. The Bertz CT molecular complexity index is 1160. The first-order chi connectivity index (χ1) is 15.8. The van der Waals surface area contributed by atoms with Crippen LogP contribution in [0.25, 0.3) is 10.9 Å². The first-order valence-corrected chi connectivity index (χ1v) is 11.9. The zero-order valence-electron chi connectivity index (χ0n) is 19.5. The van der Waals surface area contributed by atoms with Crippen LogP contribution in [0.5, 0.6) is 0 Å². The average molecular weight is 515 g/mol. The van der Waals surface area contributed by atoms with Gasteiger partial charge in [-0.1, -0.05) is 38.1 Å². The van der Waals surface area contributed by atoms with Crippen molar-refractivity contribution in [2.75, 3.05) is 25.6 Å². The fourth-order valence-corrected chi connectivity index (χ4v) is 4.04. The minimum absolute atomic E-state index is 0.130. The largest absolute Gasteiger partial charge is 0.383 e. The molecule has 2 amide bonds. The second kappa shape index (κ2) is 11.4. The molecule has 7 nitrogen and oxygen atoms in total. The number of carbonyl (C=O) groups excluding carboxylic acids is 1. The summed E-state index contributed by atoms with van der Waals surface area (Å²) in [4.78, 5) is 33.3. The molecule has 1 N–H and O–H groups in total. The minimum Gasteiger partial charge on any atom is -0.383 e. The number of hydrogen-bond acceptors (Lipinski definition) is 4. The molecule has 0 aliphatic heterocycles. The number of anilines is 1. The SMILES string of the molecule is COCCn1c(C(C)N(CCC(C)C)C(=O)Nc2ccccc2Br)nc2ccccc2c1=O. The van der Waals surface area contributed by atoms with E-state index < -0.39 is 6.04 Å². The van der Waals surface area contributed by atoms with Gasteiger partial charge in [0.1, 0.15) is 5.82 Å².